The van der Waals surface area contributed by atoms with Gasteiger partial charge in [-0.3, -0.25) is 10.2 Å². The standard InChI is InChI=1S/C19H27F2N3O4/c1-19(2,3)28-18(26)23-14-9-12(5-6-13(14)17(25)27-4)15-10-24(8-7-22-15)11-16(20)21/h5-6,9,15-16,22H,7-8,10-11H2,1-4H3,(H,23,26). The first-order valence-corrected chi connectivity index (χ1v) is 9.05. The predicted octanol–water partition coefficient (Wildman–Crippen LogP) is 3.03. The van der Waals surface area contributed by atoms with Gasteiger partial charge in [0.2, 0.25) is 0 Å². The van der Waals surface area contributed by atoms with Crippen molar-refractivity contribution in [3.05, 3.63) is 29.3 Å². The summed E-state index contributed by atoms with van der Waals surface area (Å²) >= 11 is 0. The topological polar surface area (TPSA) is 79.9 Å². The minimum Gasteiger partial charge on any atom is -0.465 e. The van der Waals surface area contributed by atoms with Gasteiger partial charge in [-0.15, -0.1) is 0 Å². The van der Waals surface area contributed by atoms with Gasteiger partial charge >= 0.3 is 12.1 Å². The molecule has 1 amide bonds. The summed E-state index contributed by atoms with van der Waals surface area (Å²) in [6.45, 7) is 6.39. The van der Waals surface area contributed by atoms with Crippen LogP contribution in [0, 0.1) is 0 Å². The second-order valence-corrected chi connectivity index (χ2v) is 7.58. The summed E-state index contributed by atoms with van der Waals surface area (Å²) in [4.78, 5) is 25.9. The number of halogens is 2. The highest BCUT2D eigenvalue weighted by Crippen LogP contribution is 2.25. The molecule has 1 unspecified atom stereocenters. The Bertz CT molecular complexity index is 707. The molecular weight excluding hydrogens is 372 g/mol. The van der Waals surface area contributed by atoms with E-state index in [1.165, 1.54) is 7.11 Å². The summed E-state index contributed by atoms with van der Waals surface area (Å²) in [6, 6.07) is 4.69. The molecule has 1 heterocycles. The minimum absolute atomic E-state index is 0.178. The van der Waals surface area contributed by atoms with Crippen molar-refractivity contribution in [2.45, 2.75) is 38.8 Å². The Hall–Kier alpha value is -2.26. The SMILES string of the molecule is COC(=O)c1ccc(C2CN(CC(F)F)CCN2)cc1NC(=O)OC(C)(C)C. The molecule has 0 aliphatic carbocycles. The van der Waals surface area contributed by atoms with Crippen LogP contribution in [0.15, 0.2) is 18.2 Å². The van der Waals surface area contributed by atoms with Gasteiger partial charge in [0.25, 0.3) is 6.43 Å². The fourth-order valence-electron chi connectivity index (χ4n) is 2.98. The van der Waals surface area contributed by atoms with E-state index in [1.807, 2.05) is 0 Å². The molecule has 1 aromatic rings. The number of nitrogens with zero attached hydrogens (tertiary/aromatic N) is 1. The fourth-order valence-corrected chi connectivity index (χ4v) is 2.98. The quantitative estimate of drug-likeness (QED) is 0.741. The van der Waals surface area contributed by atoms with Crippen LogP contribution in [0.3, 0.4) is 0 Å². The fraction of sp³-hybridized carbons (Fsp3) is 0.579. The third kappa shape index (κ3) is 6.42. The number of hydrogen-bond acceptors (Lipinski definition) is 6. The molecule has 1 aromatic carbocycles. The average molecular weight is 399 g/mol. The number of amides is 1. The number of methoxy groups -OCH3 is 1. The highest BCUT2D eigenvalue weighted by atomic mass is 19.3. The third-order valence-electron chi connectivity index (χ3n) is 4.14. The molecule has 0 saturated carbocycles. The summed E-state index contributed by atoms with van der Waals surface area (Å²) in [5.41, 5.74) is 0.481. The van der Waals surface area contributed by atoms with Gasteiger partial charge in [0.05, 0.1) is 24.9 Å². The van der Waals surface area contributed by atoms with Gasteiger partial charge < -0.3 is 14.8 Å². The van der Waals surface area contributed by atoms with Crippen molar-refractivity contribution in [2.24, 2.45) is 0 Å². The van der Waals surface area contributed by atoms with Crippen LogP contribution in [0.1, 0.15) is 42.7 Å². The van der Waals surface area contributed by atoms with E-state index in [4.69, 9.17) is 9.47 Å². The molecule has 0 aromatic heterocycles. The van der Waals surface area contributed by atoms with Crippen LogP contribution in [0.4, 0.5) is 19.3 Å². The molecule has 0 radical (unpaired) electrons. The van der Waals surface area contributed by atoms with Crippen LogP contribution < -0.4 is 10.6 Å². The lowest BCUT2D eigenvalue weighted by Gasteiger charge is -2.34. The Kier molecular flexibility index (Phi) is 7.31. The Morgan fingerprint density at radius 2 is 2.07 bits per heavy atom. The maximum atomic E-state index is 12.7. The number of carbonyl (C=O) groups is 2. The van der Waals surface area contributed by atoms with E-state index in [0.717, 1.165) is 5.56 Å². The number of rotatable bonds is 5. The molecular formula is C19H27F2N3O4. The first-order chi connectivity index (χ1) is 13.1. The van der Waals surface area contributed by atoms with E-state index in [2.05, 4.69) is 10.6 Å². The van der Waals surface area contributed by atoms with E-state index in [-0.39, 0.29) is 23.8 Å². The van der Waals surface area contributed by atoms with Crippen LogP contribution in [-0.2, 0) is 9.47 Å². The Balaban J connectivity index is 2.24. The van der Waals surface area contributed by atoms with Gasteiger partial charge in [-0.05, 0) is 38.5 Å². The number of ether oxygens (including phenoxy) is 2. The molecule has 1 atom stereocenters. The van der Waals surface area contributed by atoms with Crippen LogP contribution in [0.5, 0.6) is 0 Å². The summed E-state index contributed by atoms with van der Waals surface area (Å²) in [5, 5.41) is 5.86. The smallest absolute Gasteiger partial charge is 0.412 e. The molecule has 1 aliphatic heterocycles. The zero-order chi connectivity index (χ0) is 20.9. The monoisotopic (exact) mass is 399 g/mol. The maximum Gasteiger partial charge on any atom is 0.412 e. The Morgan fingerprint density at radius 3 is 2.68 bits per heavy atom. The molecule has 2 N–H and O–H groups in total. The van der Waals surface area contributed by atoms with Crippen molar-refractivity contribution in [1.82, 2.24) is 10.2 Å². The minimum atomic E-state index is -2.40. The third-order valence-corrected chi connectivity index (χ3v) is 4.14. The van der Waals surface area contributed by atoms with Crippen molar-refractivity contribution in [3.63, 3.8) is 0 Å². The molecule has 28 heavy (non-hydrogen) atoms. The number of anilines is 1. The van der Waals surface area contributed by atoms with Gasteiger partial charge in [0, 0.05) is 25.7 Å². The second-order valence-electron chi connectivity index (χ2n) is 7.58. The van der Waals surface area contributed by atoms with Crippen molar-refractivity contribution >= 4 is 17.7 Å². The number of esters is 1. The molecule has 1 fully saturated rings. The van der Waals surface area contributed by atoms with Crippen LogP contribution >= 0.6 is 0 Å². The lowest BCUT2D eigenvalue weighted by Crippen LogP contribution is -2.47. The van der Waals surface area contributed by atoms with Gasteiger partial charge in [-0.25, -0.2) is 18.4 Å². The van der Waals surface area contributed by atoms with Gasteiger partial charge in [-0.1, -0.05) is 6.07 Å². The number of nitrogens with one attached hydrogen (secondary N) is 2. The summed E-state index contributed by atoms with van der Waals surface area (Å²) in [7, 11) is 1.25. The number of alkyl halides is 2. The van der Waals surface area contributed by atoms with Crippen LogP contribution in [0.2, 0.25) is 0 Å². The molecule has 0 bridgehead atoms. The van der Waals surface area contributed by atoms with E-state index >= 15 is 0 Å². The maximum absolute atomic E-state index is 12.7. The Labute approximate surface area is 163 Å². The number of carbonyl (C=O) groups excluding carboxylic acids is 2. The lowest BCUT2D eigenvalue weighted by molar-refractivity contribution is 0.0601. The molecule has 1 saturated heterocycles. The zero-order valence-corrected chi connectivity index (χ0v) is 16.6. The van der Waals surface area contributed by atoms with Crippen molar-refractivity contribution in [2.75, 3.05) is 38.6 Å². The number of benzene rings is 1. The number of hydrogen-bond donors (Lipinski definition) is 2. The first kappa shape index (κ1) is 22.0. The van der Waals surface area contributed by atoms with Crippen LogP contribution in [-0.4, -0.2) is 62.3 Å². The van der Waals surface area contributed by atoms with E-state index < -0.39 is 24.1 Å². The molecule has 0 spiro atoms. The van der Waals surface area contributed by atoms with Gasteiger partial charge in [-0.2, -0.15) is 0 Å². The van der Waals surface area contributed by atoms with Crippen molar-refractivity contribution < 1.29 is 27.8 Å². The predicted molar refractivity (Wildman–Crippen MR) is 101 cm³/mol. The molecule has 2 rings (SSSR count). The highest BCUT2D eigenvalue weighted by molar-refractivity contribution is 5.99. The summed E-state index contributed by atoms with van der Waals surface area (Å²) < 4.78 is 35.4. The number of piperazine rings is 1. The molecule has 7 nitrogen and oxygen atoms in total. The highest BCUT2D eigenvalue weighted by Gasteiger charge is 2.25. The van der Waals surface area contributed by atoms with Gasteiger partial charge in [0.15, 0.2) is 0 Å². The van der Waals surface area contributed by atoms with E-state index in [9.17, 15) is 18.4 Å². The lowest BCUT2D eigenvalue weighted by atomic mass is 10.0. The van der Waals surface area contributed by atoms with E-state index in [1.54, 1.807) is 43.9 Å². The Morgan fingerprint density at radius 1 is 1.36 bits per heavy atom. The molecule has 1 aliphatic rings. The normalized spacial score (nSPS) is 18.0. The van der Waals surface area contributed by atoms with Gasteiger partial charge in [0.1, 0.15) is 5.60 Å². The second kappa shape index (κ2) is 9.29. The largest absolute Gasteiger partial charge is 0.465 e. The summed E-state index contributed by atoms with van der Waals surface area (Å²) in [5.74, 6) is -0.603. The van der Waals surface area contributed by atoms with Crippen molar-refractivity contribution in [1.29, 1.82) is 0 Å². The summed E-state index contributed by atoms with van der Waals surface area (Å²) in [6.07, 6.45) is -3.10. The van der Waals surface area contributed by atoms with Crippen LogP contribution in [0.25, 0.3) is 0 Å². The average Bonchev–Trinajstić information content (AvgIpc) is 2.59. The van der Waals surface area contributed by atoms with Crippen molar-refractivity contribution in [3.8, 4) is 0 Å². The first-order valence-electron chi connectivity index (χ1n) is 9.05. The zero-order valence-electron chi connectivity index (χ0n) is 16.6. The molecule has 156 valence electrons. The van der Waals surface area contributed by atoms with E-state index in [0.29, 0.717) is 19.6 Å². The molecule has 9 heteroatoms.